The van der Waals surface area contributed by atoms with E-state index in [4.69, 9.17) is 42.4 Å². The zero-order valence-electron chi connectivity index (χ0n) is 27.8. The first-order valence-electron chi connectivity index (χ1n) is 16.3. The highest BCUT2D eigenvalue weighted by molar-refractivity contribution is 6.42. The molecule has 2 heterocycles. The number of fused-ring (bicyclic) bond motifs is 1. The Morgan fingerprint density at radius 1 is 0.957 bits per heavy atom. The monoisotopic (exact) mass is 681 g/mol. The molecular weight excluding hydrogens is 637 g/mol. The number of carbonyl (C=O) groups is 1. The van der Waals surface area contributed by atoms with E-state index in [9.17, 15) is 4.79 Å². The van der Waals surface area contributed by atoms with Crippen LogP contribution in [0.3, 0.4) is 0 Å². The smallest absolute Gasteiger partial charge is 0.257 e. The normalized spacial score (nSPS) is 14.6. The van der Waals surface area contributed by atoms with Crippen molar-refractivity contribution in [2.75, 3.05) is 78.6 Å². The van der Waals surface area contributed by atoms with Gasteiger partial charge in [-0.05, 0) is 74.8 Å². The van der Waals surface area contributed by atoms with Gasteiger partial charge in [0.1, 0.15) is 11.5 Å². The van der Waals surface area contributed by atoms with Gasteiger partial charge >= 0.3 is 0 Å². The number of nitrogens with zero attached hydrogens (tertiary/aromatic N) is 5. The molecule has 3 aromatic carbocycles. The molecule has 47 heavy (non-hydrogen) atoms. The van der Waals surface area contributed by atoms with E-state index in [-0.39, 0.29) is 11.8 Å². The molecule has 0 aliphatic carbocycles. The molecule has 4 aromatic rings. The first-order valence-corrected chi connectivity index (χ1v) is 17.0. The lowest BCUT2D eigenvalue weighted by Gasteiger charge is -2.28. The maximum atomic E-state index is 13.6. The maximum Gasteiger partial charge on any atom is 0.257 e. The SMILES string of the molecule is CCOCCn1c(N2CCCN(CCC(CN(C)C(=O)c3ccc(OC)cc3OC)c3ccc(Cl)c(Cl)c3)CC2)nc2ccccc21. The van der Waals surface area contributed by atoms with Crippen LogP contribution in [-0.2, 0) is 11.3 Å². The van der Waals surface area contributed by atoms with E-state index in [0.717, 1.165) is 74.7 Å². The Hall–Kier alpha value is -3.50. The van der Waals surface area contributed by atoms with Crippen molar-refractivity contribution in [2.24, 2.45) is 0 Å². The third kappa shape index (κ3) is 8.51. The Morgan fingerprint density at radius 2 is 1.79 bits per heavy atom. The molecule has 0 radical (unpaired) electrons. The van der Waals surface area contributed by atoms with Crippen LogP contribution in [0.1, 0.15) is 41.6 Å². The van der Waals surface area contributed by atoms with Gasteiger partial charge in [0.2, 0.25) is 5.95 Å². The minimum absolute atomic E-state index is 0.0464. The van der Waals surface area contributed by atoms with Gasteiger partial charge in [-0.2, -0.15) is 0 Å². The quantitative estimate of drug-likeness (QED) is 0.135. The lowest BCUT2D eigenvalue weighted by Crippen LogP contribution is -2.35. The van der Waals surface area contributed by atoms with Gasteiger partial charge in [0.15, 0.2) is 0 Å². The van der Waals surface area contributed by atoms with E-state index in [1.807, 2.05) is 38.2 Å². The summed E-state index contributed by atoms with van der Waals surface area (Å²) in [6.07, 6.45) is 1.88. The van der Waals surface area contributed by atoms with Crippen molar-refractivity contribution >= 4 is 46.1 Å². The molecule has 9 nitrogen and oxygen atoms in total. The van der Waals surface area contributed by atoms with Gasteiger partial charge in [-0.15, -0.1) is 0 Å². The number of rotatable bonds is 14. The van der Waals surface area contributed by atoms with Gasteiger partial charge < -0.3 is 33.5 Å². The lowest BCUT2D eigenvalue weighted by molar-refractivity contribution is 0.0779. The average Bonchev–Trinajstić information content (AvgIpc) is 3.29. The van der Waals surface area contributed by atoms with Crippen molar-refractivity contribution in [3.63, 3.8) is 0 Å². The second-order valence-electron chi connectivity index (χ2n) is 11.8. The zero-order chi connectivity index (χ0) is 33.3. The number of likely N-dealkylation sites (N-methyl/N-ethyl adjacent to an activating group) is 1. The second-order valence-corrected chi connectivity index (χ2v) is 12.7. The van der Waals surface area contributed by atoms with Crippen LogP contribution in [0.2, 0.25) is 10.0 Å². The Balaban J connectivity index is 1.28. The maximum absolute atomic E-state index is 13.6. The number of hydrogen-bond donors (Lipinski definition) is 0. The van der Waals surface area contributed by atoms with Gasteiger partial charge in [-0.3, -0.25) is 4.79 Å². The van der Waals surface area contributed by atoms with E-state index < -0.39 is 0 Å². The van der Waals surface area contributed by atoms with Crippen molar-refractivity contribution in [2.45, 2.75) is 32.2 Å². The van der Waals surface area contributed by atoms with Gasteiger partial charge in [0.25, 0.3) is 5.91 Å². The molecule has 5 rings (SSSR count). The van der Waals surface area contributed by atoms with Crippen LogP contribution in [0.4, 0.5) is 5.95 Å². The summed E-state index contributed by atoms with van der Waals surface area (Å²) in [5.74, 6) is 2.05. The number of hydrogen-bond acceptors (Lipinski definition) is 7. The highest BCUT2D eigenvalue weighted by Gasteiger charge is 2.25. The van der Waals surface area contributed by atoms with E-state index in [1.54, 1.807) is 37.3 Å². The summed E-state index contributed by atoms with van der Waals surface area (Å²) in [4.78, 5) is 25.4. The van der Waals surface area contributed by atoms with Crippen molar-refractivity contribution in [3.05, 3.63) is 81.8 Å². The highest BCUT2D eigenvalue weighted by Crippen LogP contribution is 2.31. The fourth-order valence-corrected chi connectivity index (χ4v) is 6.59. The molecule has 0 spiro atoms. The molecule has 1 amide bonds. The number of aromatic nitrogens is 2. The predicted molar refractivity (Wildman–Crippen MR) is 190 cm³/mol. The number of ether oxygens (including phenoxy) is 3. The first-order chi connectivity index (χ1) is 22.8. The predicted octanol–water partition coefficient (Wildman–Crippen LogP) is 6.86. The van der Waals surface area contributed by atoms with Crippen LogP contribution in [0.5, 0.6) is 11.5 Å². The van der Waals surface area contributed by atoms with E-state index in [1.165, 1.54) is 0 Å². The van der Waals surface area contributed by atoms with Crippen LogP contribution in [0, 0.1) is 0 Å². The van der Waals surface area contributed by atoms with Gasteiger partial charge in [0, 0.05) is 58.4 Å². The summed E-state index contributed by atoms with van der Waals surface area (Å²) in [5.41, 5.74) is 3.69. The summed E-state index contributed by atoms with van der Waals surface area (Å²) in [6, 6.07) is 19.4. The Kier molecular flexibility index (Phi) is 12.3. The number of halogens is 2. The van der Waals surface area contributed by atoms with E-state index in [0.29, 0.717) is 46.9 Å². The molecule has 0 bridgehead atoms. The van der Waals surface area contributed by atoms with Crippen LogP contribution >= 0.6 is 23.2 Å². The summed E-state index contributed by atoms with van der Waals surface area (Å²) in [5, 5.41) is 1.03. The fourth-order valence-electron chi connectivity index (χ4n) is 6.28. The van der Waals surface area contributed by atoms with Crippen LogP contribution in [0.25, 0.3) is 11.0 Å². The third-order valence-electron chi connectivity index (χ3n) is 8.86. The first kappa shape index (κ1) is 34.8. The minimum Gasteiger partial charge on any atom is -0.497 e. The van der Waals surface area contributed by atoms with Crippen LogP contribution in [-0.4, -0.2) is 99.0 Å². The standard InChI is InChI=1S/C36H45Cl2N5O4/c1-5-47-22-21-43-33-10-7-6-9-32(33)39-36(43)42-17-8-16-41(19-20-42)18-15-27(26-11-14-30(37)31(38)23-26)25-40(2)35(44)29-13-12-28(45-3)24-34(29)46-4/h6-7,9-14,23-24,27H,5,8,15-22,25H2,1-4H3. The van der Waals surface area contributed by atoms with Crippen molar-refractivity contribution in [1.82, 2.24) is 19.4 Å². The van der Waals surface area contributed by atoms with Crippen LogP contribution < -0.4 is 14.4 Å². The van der Waals surface area contributed by atoms with E-state index in [2.05, 4.69) is 32.6 Å². The lowest BCUT2D eigenvalue weighted by atomic mass is 9.94. The molecule has 1 saturated heterocycles. The molecule has 0 saturated carbocycles. The summed E-state index contributed by atoms with van der Waals surface area (Å²) >= 11 is 12.8. The fraction of sp³-hybridized carbons (Fsp3) is 0.444. The molecule has 252 valence electrons. The molecule has 0 N–H and O–H groups in total. The van der Waals surface area contributed by atoms with Crippen molar-refractivity contribution in [1.29, 1.82) is 0 Å². The number of para-hydroxylation sites is 2. The second kappa shape index (κ2) is 16.6. The molecule has 1 unspecified atom stereocenters. The average molecular weight is 683 g/mol. The topological polar surface area (TPSA) is 72.3 Å². The summed E-state index contributed by atoms with van der Waals surface area (Å²) in [6.45, 7) is 9.26. The van der Waals surface area contributed by atoms with Crippen molar-refractivity contribution in [3.8, 4) is 11.5 Å². The number of imidazole rings is 1. The van der Waals surface area contributed by atoms with E-state index >= 15 is 0 Å². The third-order valence-corrected chi connectivity index (χ3v) is 9.60. The van der Waals surface area contributed by atoms with Gasteiger partial charge in [-0.1, -0.05) is 41.4 Å². The largest absolute Gasteiger partial charge is 0.497 e. The highest BCUT2D eigenvalue weighted by atomic mass is 35.5. The summed E-state index contributed by atoms with van der Waals surface area (Å²) < 4.78 is 18.8. The minimum atomic E-state index is -0.118. The molecule has 1 atom stereocenters. The zero-order valence-corrected chi connectivity index (χ0v) is 29.3. The van der Waals surface area contributed by atoms with Crippen LogP contribution in [0.15, 0.2) is 60.7 Å². The molecule has 1 aliphatic rings. The number of carbonyl (C=O) groups excluding carboxylic acids is 1. The van der Waals surface area contributed by atoms with Gasteiger partial charge in [0.05, 0.1) is 47.5 Å². The molecule has 1 aromatic heterocycles. The number of methoxy groups -OCH3 is 2. The molecule has 11 heteroatoms. The number of benzene rings is 3. The Morgan fingerprint density at radius 3 is 2.55 bits per heavy atom. The summed E-state index contributed by atoms with van der Waals surface area (Å²) in [7, 11) is 4.98. The Labute approximate surface area is 287 Å². The number of amides is 1. The molecule has 1 aliphatic heterocycles. The molecular formula is C36H45Cl2N5O4. The van der Waals surface area contributed by atoms with Crippen molar-refractivity contribution < 1.29 is 19.0 Å². The number of anilines is 1. The van der Waals surface area contributed by atoms with Gasteiger partial charge in [-0.25, -0.2) is 4.98 Å². The Bertz CT molecular complexity index is 1650. The molecule has 1 fully saturated rings.